The van der Waals surface area contributed by atoms with E-state index >= 15 is 0 Å². The molecule has 0 aliphatic rings. The molecule has 10 rings (SSSR count). The van der Waals surface area contributed by atoms with E-state index in [-0.39, 0.29) is 6.42 Å². The molecule has 0 spiro atoms. The molecule has 0 atom stereocenters. The molecule has 8 aromatic carbocycles. The van der Waals surface area contributed by atoms with Crippen LogP contribution in [0.15, 0.2) is 194 Å². The molecule has 10 aromatic rings. The van der Waals surface area contributed by atoms with Crippen molar-refractivity contribution in [2.75, 3.05) is 19.6 Å². The second-order valence-corrected chi connectivity index (χ2v) is 18.9. The van der Waals surface area contributed by atoms with Crippen LogP contribution in [0.2, 0.25) is 0 Å². The third-order valence-corrected chi connectivity index (χ3v) is 12.8. The highest BCUT2D eigenvalue weighted by Crippen LogP contribution is 2.40. The van der Waals surface area contributed by atoms with Crippen molar-refractivity contribution in [2.45, 2.75) is 61.8 Å². The zero-order valence-electron chi connectivity index (χ0n) is 42.7. The summed E-state index contributed by atoms with van der Waals surface area (Å²) in [6.07, 6.45) is 0.127. The minimum absolute atomic E-state index is 0.127. The fourth-order valence-electron chi connectivity index (χ4n) is 8.56. The van der Waals surface area contributed by atoms with Crippen LogP contribution >= 0.6 is 0 Å². The summed E-state index contributed by atoms with van der Waals surface area (Å²) >= 11 is 0. The van der Waals surface area contributed by atoms with Gasteiger partial charge in [-0.05, 0) is 152 Å². The first-order valence-corrected chi connectivity index (χ1v) is 24.6. The molecular weight excluding hydrogens is 897 g/mol. The molecule has 0 unspecified atom stereocenters. The van der Waals surface area contributed by atoms with Gasteiger partial charge in [0.1, 0.15) is 11.6 Å². The van der Waals surface area contributed by atoms with E-state index in [1.807, 2.05) is 0 Å². The third kappa shape index (κ3) is 10.8. The van der Waals surface area contributed by atoms with Crippen molar-refractivity contribution in [3.8, 4) is 0 Å². The number of hydrogen-bond donors (Lipinski definition) is 0. The maximum Gasteiger partial charge on any atom is 0.239 e. The van der Waals surface area contributed by atoms with Crippen molar-refractivity contribution in [2.24, 2.45) is 0 Å². The van der Waals surface area contributed by atoms with Gasteiger partial charge in [-0.1, -0.05) is 142 Å². The molecule has 0 saturated carbocycles. The van der Waals surface area contributed by atoms with E-state index in [2.05, 4.69) is 269 Å². The smallest absolute Gasteiger partial charge is 0.239 e. The first kappa shape index (κ1) is 47.6. The lowest BCUT2D eigenvalue weighted by Crippen LogP contribution is -2.22. The zero-order valence-corrected chi connectivity index (χ0v) is 42.7. The van der Waals surface area contributed by atoms with Crippen molar-refractivity contribution in [1.29, 1.82) is 0 Å². The number of hydrogen-bond acceptors (Lipinski definition) is 10. The SMILES string of the molecule is Cc1ccc(N(c2ccc(C)cc2)c2nc(Cc3nc(N(c4ccc(C)cc4)c4ccc(C)cc4)nc(N(c4ccc(C)cc4)c4ccc(C)cc4)n3)nc(N(c3ccc(C)cc3)c3ccc(C)cc3)n2)cc1. The van der Waals surface area contributed by atoms with Crippen molar-refractivity contribution in [3.63, 3.8) is 0 Å². The molecule has 0 amide bonds. The highest BCUT2D eigenvalue weighted by Gasteiger charge is 2.26. The summed E-state index contributed by atoms with van der Waals surface area (Å²) in [7, 11) is 0. The van der Waals surface area contributed by atoms with E-state index in [1.54, 1.807) is 0 Å². The van der Waals surface area contributed by atoms with Crippen LogP contribution in [-0.2, 0) is 6.42 Å². The van der Waals surface area contributed by atoms with E-state index in [0.29, 0.717) is 35.4 Å². The van der Waals surface area contributed by atoms with Gasteiger partial charge in [0.05, 0.1) is 6.42 Å². The Labute approximate surface area is 429 Å². The summed E-state index contributed by atoms with van der Waals surface area (Å²) in [4.78, 5) is 40.8. The van der Waals surface area contributed by atoms with Crippen LogP contribution in [0, 0.1) is 55.4 Å². The van der Waals surface area contributed by atoms with Gasteiger partial charge in [-0.15, -0.1) is 0 Å². The van der Waals surface area contributed by atoms with Gasteiger partial charge in [0.15, 0.2) is 0 Å². The third-order valence-electron chi connectivity index (χ3n) is 12.8. The van der Waals surface area contributed by atoms with Crippen molar-refractivity contribution in [1.82, 2.24) is 29.9 Å². The maximum absolute atomic E-state index is 5.41. The molecule has 2 aromatic heterocycles. The van der Waals surface area contributed by atoms with Gasteiger partial charge in [0, 0.05) is 45.5 Å². The lowest BCUT2D eigenvalue weighted by Gasteiger charge is -2.28. The van der Waals surface area contributed by atoms with Crippen LogP contribution in [0.5, 0.6) is 0 Å². The standard InChI is InChI=1S/C63H58N10/c1-42-9-25-50(26-10-42)70(51-27-11-43(2)12-28-51)60-64-58(65-61(68-60)71(52-29-13-44(3)14-30-52)53-31-15-45(4)16-32-53)41-59-66-62(72(54-33-17-46(5)18-34-54)55-35-19-47(6)20-36-55)69-63(67-59)73(56-37-21-48(7)22-38-56)57-39-23-49(8)24-40-57/h9-40H,41H2,1-8H3. The number of benzene rings is 8. The van der Waals surface area contributed by atoms with Gasteiger partial charge in [0.2, 0.25) is 23.8 Å². The fraction of sp³-hybridized carbons (Fsp3) is 0.143. The van der Waals surface area contributed by atoms with E-state index in [1.165, 1.54) is 0 Å². The molecule has 360 valence electrons. The molecule has 73 heavy (non-hydrogen) atoms. The van der Waals surface area contributed by atoms with Crippen LogP contribution < -0.4 is 19.6 Å². The summed E-state index contributed by atoms with van der Waals surface area (Å²) in [5.74, 6) is 2.68. The highest BCUT2D eigenvalue weighted by atomic mass is 15.4. The first-order chi connectivity index (χ1) is 35.4. The van der Waals surface area contributed by atoms with E-state index in [9.17, 15) is 0 Å². The van der Waals surface area contributed by atoms with Gasteiger partial charge >= 0.3 is 0 Å². The second-order valence-electron chi connectivity index (χ2n) is 18.9. The Morgan fingerprint density at radius 2 is 0.342 bits per heavy atom. The topological polar surface area (TPSA) is 90.3 Å². The van der Waals surface area contributed by atoms with Crippen molar-refractivity contribution < 1.29 is 0 Å². The largest absolute Gasteiger partial charge is 0.279 e. The Morgan fingerprint density at radius 1 is 0.205 bits per heavy atom. The Hall–Kier alpha value is -9.02. The van der Waals surface area contributed by atoms with Crippen LogP contribution in [0.3, 0.4) is 0 Å². The summed E-state index contributed by atoms with van der Waals surface area (Å²) in [6, 6.07) is 67.5. The van der Waals surface area contributed by atoms with Crippen molar-refractivity contribution in [3.05, 3.63) is 250 Å². The van der Waals surface area contributed by atoms with Gasteiger partial charge in [-0.2, -0.15) is 29.9 Å². The predicted octanol–water partition coefficient (Wildman–Crippen LogP) is 16.0. The highest BCUT2D eigenvalue weighted by molar-refractivity contribution is 5.79. The van der Waals surface area contributed by atoms with Gasteiger partial charge < -0.3 is 0 Å². The summed E-state index contributed by atoms with van der Waals surface area (Å²) in [6.45, 7) is 16.7. The average Bonchev–Trinajstić information content (AvgIpc) is 3.39. The minimum Gasteiger partial charge on any atom is -0.279 e. The molecule has 0 aliphatic carbocycles. The van der Waals surface area contributed by atoms with E-state index in [4.69, 9.17) is 29.9 Å². The van der Waals surface area contributed by atoms with Gasteiger partial charge in [0.25, 0.3) is 0 Å². The Kier molecular flexibility index (Phi) is 13.5. The molecule has 0 aliphatic heterocycles. The molecular formula is C63H58N10. The maximum atomic E-state index is 5.41. The number of anilines is 12. The molecule has 0 radical (unpaired) electrons. The van der Waals surface area contributed by atoms with E-state index < -0.39 is 0 Å². The second kappa shape index (κ2) is 20.8. The molecule has 2 heterocycles. The minimum atomic E-state index is 0.127. The Bertz CT molecular complexity index is 2830. The lowest BCUT2D eigenvalue weighted by atomic mass is 10.1. The van der Waals surface area contributed by atoms with Gasteiger partial charge in [-0.3, -0.25) is 19.6 Å². The quantitative estimate of drug-likeness (QED) is 0.105. The Balaban J connectivity index is 1.23. The zero-order chi connectivity index (χ0) is 50.6. The lowest BCUT2D eigenvalue weighted by molar-refractivity contribution is 0.834. The molecule has 0 fully saturated rings. The molecule has 10 nitrogen and oxygen atoms in total. The molecule has 0 N–H and O–H groups in total. The van der Waals surface area contributed by atoms with Crippen molar-refractivity contribution >= 4 is 69.3 Å². The van der Waals surface area contributed by atoms with Gasteiger partial charge in [-0.25, -0.2) is 0 Å². The summed E-state index contributed by atoms with van der Waals surface area (Å²) in [5.41, 5.74) is 16.4. The van der Waals surface area contributed by atoms with Crippen LogP contribution in [0.1, 0.15) is 56.2 Å². The average molecular weight is 955 g/mol. The normalized spacial score (nSPS) is 11.1. The van der Waals surface area contributed by atoms with Crippen LogP contribution in [0.25, 0.3) is 0 Å². The number of nitrogens with zero attached hydrogens (tertiary/aromatic N) is 10. The molecule has 0 saturated heterocycles. The first-order valence-electron chi connectivity index (χ1n) is 24.6. The summed E-state index contributed by atoms with van der Waals surface area (Å²) < 4.78 is 0. The Morgan fingerprint density at radius 3 is 0.479 bits per heavy atom. The van der Waals surface area contributed by atoms with E-state index in [0.717, 1.165) is 90.0 Å². The molecule has 10 heteroatoms. The summed E-state index contributed by atoms with van der Waals surface area (Å²) in [5, 5.41) is 0. The number of rotatable bonds is 14. The number of aromatic nitrogens is 6. The van der Waals surface area contributed by atoms with Crippen LogP contribution in [0.4, 0.5) is 69.3 Å². The monoisotopic (exact) mass is 954 g/mol. The number of aryl methyl sites for hydroxylation is 8. The molecule has 0 bridgehead atoms. The predicted molar refractivity (Wildman–Crippen MR) is 299 cm³/mol. The fourth-order valence-corrected chi connectivity index (χ4v) is 8.56. The van der Waals surface area contributed by atoms with Crippen LogP contribution in [-0.4, -0.2) is 29.9 Å².